The Bertz CT molecular complexity index is 1500. The van der Waals surface area contributed by atoms with E-state index in [1.165, 1.54) is 48.2 Å². The van der Waals surface area contributed by atoms with Crippen LogP contribution in [0.3, 0.4) is 0 Å². The molecule has 196 valence electrons. The van der Waals surface area contributed by atoms with Gasteiger partial charge in [-0.2, -0.15) is 13.9 Å². The van der Waals surface area contributed by atoms with Crippen LogP contribution in [0.4, 0.5) is 13.2 Å². The number of halogens is 4. The molecule has 0 spiro atoms. The molecule has 0 saturated carbocycles. The van der Waals surface area contributed by atoms with Crippen molar-refractivity contribution in [3.05, 3.63) is 74.8 Å². The van der Waals surface area contributed by atoms with Gasteiger partial charge in [0.2, 0.25) is 0 Å². The van der Waals surface area contributed by atoms with Crippen LogP contribution in [0, 0.1) is 11.2 Å². The highest BCUT2D eigenvalue weighted by Gasteiger charge is 2.45. The molecule has 5 rings (SSSR count). The second kappa shape index (κ2) is 9.55. The van der Waals surface area contributed by atoms with E-state index in [4.69, 9.17) is 16.6 Å². The molecule has 13 heteroatoms. The minimum atomic E-state index is -3.20. The third kappa shape index (κ3) is 5.19. The number of allylic oxidation sites excluding steroid dienone is 1. The third-order valence-corrected chi connectivity index (χ3v) is 8.66. The van der Waals surface area contributed by atoms with Crippen LogP contribution in [-0.4, -0.2) is 52.5 Å². The Morgan fingerprint density at radius 3 is 2.73 bits per heavy atom. The van der Waals surface area contributed by atoms with Crippen LogP contribution in [0.25, 0.3) is 5.57 Å². The second-order valence-corrected chi connectivity index (χ2v) is 13.2. The van der Waals surface area contributed by atoms with Crippen LogP contribution >= 0.6 is 22.9 Å². The molecule has 2 atom stereocenters. The Balaban J connectivity index is 1.71. The van der Waals surface area contributed by atoms with Crippen LogP contribution in [0.5, 0.6) is 0 Å². The van der Waals surface area contributed by atoms with Crippen LogP contribution < -0.4 is 0 Å². The molecule has 4 heterocycles. The summed E-state index contributed by atoms with van der Waals surface area (Å²) >= 11 is 7.87. The molecule has 1 saturated heterocycles. The zero-order valence-electron chi connectivity index (χ0n) is 19.9. The highest BCUT2D eigenvalue weighted by molar-refractivity contribution is 7.90. The van der Waals surface area contributed by atoms with E-state index in [2.05, 4.69) is 10.1 Å². The van der Waals surface area contributed by atoms with Crippen molar-refractivity contribution >= 4 is 44.2 Å². The van der Waals surface area contributed by atoms with Crippen LogP contribution in [0.15, 0.2) is 52.9 Å². The summed E-state index contributed by atoms with van der Waals surface area (Å²) in [5, 5.41) is 6.45. The maximum absolute atomic E-state index is 13.9. The van der Waals surface area contributed by atoms with Gasteiger partial charge in [-0.15, -0.1) is 11.3 Å². The number of nitrogens with zero attached hydrogens (tertiary/aromatic N) is 5. The maximum Gasteiger partial charge on any atom is 0.333 e. The summed E-state index contributed by atoms with van der Waals surface area (Å²) in [6.07, 6.45) is 6.35. The Labute approximate surface area is 221 Å². The summed E-state index contributed by atoms with van der Waals surface area (Å²) < 4.78 is 65.3. The zero-order chi connectivity index (χ0) is 26.5. The molecule has 2 aromatic heterocycles. The lowest BCUT2D eigenvalue weighted by atomic mass is 9.84. The smallest absolute Gasteiger partial charge is 0.327 e. The maximum atomic E-state index is 13.9. The lowest BCUT2D eigenvalue weighted by Crippen LogP contribution is -2.35. The fourth-order valence-corrected chi connectivity index (χ4v) is 6.63. The Morgan fingerprint density at radius 2 is 2.11 bits per heavy atom. The lowest BCUT2D eigenvalue weighted by Gasteiger charge is -2.33. The van der Waals surface area contributed by atoms with Crippen molar-refractivity contribution < 1.29 is 21.6 Å². The fourth-order valence-electron chi connectivity index (χ4n) is 4.85. The highest BCUT2D eigenvalue weighted by atomic mass is 35.5. The zero-order valence-corrected chi connectivity index (χ0v) is 22.3. The first-order chi connectivity index (χ1) is 17.4. The summed E-state index contributed by atoms with van der Waals surface area (Å²) in [6.45, 7) is -0.361. The average molecular weight is 570 g/mol. The summed E-state index contributed by atoms with van der Waals surface area (Å²) in [4.78, 5) is 11.4. The molecular formula is C24H23ClF3N5O2S2. The van der Waals surface area contributed by atoms with E-state index in [0.717, 1.165) is 5.70 Å². The number of benzene rings is 1. The van der Waals surface area contributed by atoms with Crippen molar-refractivity contribution in [2.24, 2.45) is 10.4 Å². The molecule has 7 nitrogen and oxygen atoms in total. The van der Waals surface area contributed by atoms with Gasteiger partial charge in [-0.3, -0.25) is 4.99 Å². The third-order valence-electron chi connectivity index (χ3n) is 6.62. The van der Waals surface area contributed by atoms with E-state index in [0.29, 0.717) is 51.6 Å². The molecule has 37 heavy (non-hydrogen) atoms. The Morgan fingerprint density at radius 1 is 1.32 bits per heavy atom. The minimum Gasteiger partial charge on any atom is -0.327 e. The molecule has 1 aromatic carbocycles. The largest absolute Gasteiger partial charge is 0.333 e. The number of alkyl halides is 2. The number of aliphatic imine (C=N–C) groups is 1. The van der Waals surface area contributed by atoms with Gasteiger partial charge in [0, 0.05) is 52.4 Å². The molecule has 0 N–H and O–H groups in total. The number of fused-ring (bicyclic) bond motifs is 1. The van der Waals surface area contributed by atoms with E-state index < -0.39 is 33.7 Å². The van der Waals surface area contributed by atoms with Gasteiger partial charge in [-0.1, -0.05) is 24.6 Å². The van der Waals surface area contributed by atoms with Gasteiger partial charge < -0.3 is 4.90 Å². The van der Waals surface area contributed by atoms with E-state index in [1.54, 1.807) is 6.20 Å². The first-order valence-corrected chi connectivity index (χ1v) is 14.7. The number of rotatable bonds is 7. The highest BCUT2D eigenvalue weighted by Crippen LogP contribution is 2.51. The molecule has 1 unspecified atom stereocenters. The molecule has 2 aliphatic rings. The molecule has 1 fully saturated rings. The quantitative estimate of drug-likeness (QED) is 0.371. The van der Waals surface area contributed by atoms with Crippen LogP contribution in [0.2, 0.25) is 5.02 Å². The van der Waals surface area contributed by atoms with Crippen molar-refractivity contribution in [1.29, 1.82) is 0 Å². The van der Waals surface area contributed by atoms with Gasteiger partial charge in [-0.25, -0.2) is 22.5 Å². The van der Waals surface area contributed by atoms with Gasteiger partial charge in [-0.05, 0) is 36.0 Å². The summed E-state index contributed by atoms with van der Waals surface area (Å²) in [5.74, 6) is 0.0768. The molecule has 3 aromatic rings. The molecule has 2 aliphatic heterocycles. The fraction of sp³-hybridized carbons (Fsp3) is 0.375. The predicted molar refractivity (Wildman–Crippen MR) is 137 cm³/mol. The predicted octanol–water partition coefficient (Wildman–Crippen LogP) is 5.59. The van der Waals surface area contributed by atoms with Crippen molar-refractivity contribution in [3.63, 3.8) is 0 Å². The summed E-state index contributed by atoms with van der Waals surface area (Å²) in [5.41, 5.74) is 1.91. The molecule has 0 bridgehead atoms. The van der Waals surface area contributed by atoms with Gasteiger partial charge in [0.15, 0.2) is 10.8 Å². The van der Waals surface area contributed by atoms with Crippen LogP contribution in [-0.2, 0) is 9.84 Å². The molecule has 0 aliphatic carbocycles. The summed E-state index contributed by atoms with van der Waals surface area (Å²) in [7, 11) is -3.20. The Hall–Kier alpha value is -2.70. The summed E-state index contributed by atoms with van der Waals surface area (Å²) in [6, 6.07) is 3.27. The number of aromatic nitrogens is 3. The van der Waals surface area contributed by atoms with Gasteiger partial charge in [0.25, 0.3) is 0 Å². The van der Waals surface area contributed by atoms with E-state index >= 15 is 0 Å². The number of sulfone groups is 1. The van der Waals surface area contributed by atoms with Gasteiger partial charge >= 0.3 is 6.55 Å². The SMILES string of the molecule is CC1(CCS(C)(=O)=O)CC2=C(c3cnn(C(F)F)c3)[C@H](c3ccc(F)cc3Cl)N=C(c3nccs3)N2C1. The minimum absolute atomic E-state index is 0.0141. The van der Waals surface area contributed by atoms with Crippen LogP contribution in [0.1, 0.15) is 48.5 Å². The number of hydrogen-bond acceptors (Lipinski definition) is 7. The van der Waals surface area contributed by atoms with Gasteiger partial charge in [0.05, 0.1) is 11.9 Å². The van der Waals surface area contributed by atoms with Crippen molar-refractivity contribution in [2.45, 2.75) is 32.4 Å². The standard InChI is InChI=1S/C24H23ClF3N5O2S2/c1-24(5-8-37(2,34)35)10-18-19(14-11-30-33(12-14)23(27)28)20(16-4-3-15(26)9-17(16)25)31-21(32(18)13-24)22-29-6-7-36-22/h3-4,6-7,9,11-12,20,23H,5,8,10,13H2,1-2H3/t20-,24?/m0/s1. The first kappa shape index (κ1) is 25.9. The number of hydrogen-bond donors (Lipinski definition) is 0. The van der Waals surface area contributed by atoms with Gasteiger partial charge in [0.1, 0.15) is 21.7 Å². The normalized spacial score (nSPS) is 22.1. The topological polar surface area (TPSA) is 80.4 Å². The van der Waals surface area contributed by atoms with E-state index in [1.807, 2.05) is 17.2 Å². The number of thiazole rings is 1. The molecule has 0 radical (unpaired) electrons. The lowest BCUT2D eigenvalue weighted by molar-refractivity contribution is 0.0566. The first-order valence-electron chi connectivity index (χ1n) is 11.4. The van der Waals surface area contributed by atoms with Crippen molar-refractivity contribution in [1.82, 2.24) is 19.7 Å². The Kier molecular flexibility index (Phi) is 6.70. The molecular weight excluding hydrogens is 547 g/mol. The van der Waals surface area contributed by atoms with Crippen molar-refractivity contribution in [3.8, 4) is 0 Å². The second-order valence-electron chi connectivity index (χ2n) is 9.66. The van der Waals surface area contributed by atoms with E-state index in [9.17, 15) is 21.6 Å². The number of amidine groups is 1. The average Bonchev–Trinajstić information content (AvgIpc) is 3.56. The van der Waals surface area contributed by atoms with E-state index in [-0.39, 0.29) is 10.8 Å². The molecule has 0 amide bonds. The monoisotopic (exact) mass is 569 g/mol. The van der Waals surface area contributed by atoms with Crippen molar-refractivity contribution in [2.75, 3.05) is 18.6 Å².